The first kappa shape index (κ1) is 22.5. The molecule has 8 nitrogen and oxygen atoms in total. The number of amides is 2. The zero-order valence-electron chi connectivity index (χ0n) is 16.8. The largest absolute Gasteiger partial charge is 0.347 e. The van der Waals surface area contributed by atoms with Gasteiger partial charge < -0.3 is 15.5 Å². The molecule has 0 unspecified atom stereocenters. The maximum Gasteiger partial charge on any atom is 0.309 e. The number of rotatable bonds is 8. The average molecular weight is 419 g/mol. The van der Waals surface area contributed by atoms with Crippen molar-refractivity contribution in [1.82, 2.24) is 20.5 Å². The van der Waals surface area contributed by atoms with Crippen LogP contribution in [0.1, 0.15) is 16.4 Å². The Bertz CT molecular complexity index is 929. The second-order valence-corrected chi connectivity index (χ2v) is 9.03. The lowest BCUT2D eigenvalue weighted by Crippen LogP contribution is -2.43. The van der Waals surface area contributed by atoms with Crippen molar-refractivity contribution in [3.63, 3.8) is 0 Å². The van der Waals surface area contributed by atoms with Gasteiger partial charge in [0.25, 0.3) is 0 Å². The van der Waals surface area contributed by atoms with Gasteiger partial charge in [-0.2, -0.15) is 0 Å². The van der Waals surface area contributed by atoms with E-state index in [2.05, 4.69) is 15.6 Å². The van der Waals surface area contributed by atoms with Crippen molar-refractivity contribution in [3.8, 4) is 0 Å². The summed E-state index contributed by atoms with van der Waals surface area (Å²) in [5.41, 5.74) is 1.37. The van der Waals surface area contributed by atoms with Crippen LogP contribution in [0.3, 0.4) is 0 Å². The first-order chi connectivity index (χ1) is 13.7. The summed E-state index contributed by atoms with van der Waals surface area (Å²) < 4.78 is 26.4. The molecule has 2 aromatic rings. The van der Waals surface area contributed by atoms with E-state index in [-0.39, 0.29) is 11.4 Å². The van der Waals surface area contributed by atoms with E-state index in [9.17, 15) is 18.0 Å². The minimum atomic E-state index is -3.81. The molecule has 0 aliphatic carbocycles. The number of likely N-dealkylation sites (N-methyl/N-ethyl adjacent to an activating group) is 1. The predicted octanol–water partition coefficient (Wildman–Crippen LogP) is 0.699. The highest BCUT2D eigenvalue weighted by atomic mass is 32.2. The van der Waals surface area contributed by atoms with Crippen LogP contribution < -0.4 is 10.6 Å². The van der Waals surface area contributed by atoms with Crippen molar-refractivity contribution in [2.45, 2.75) is 17.1 Å². The molecule has 0 saturated carbocycles. The summed E-state index contributed by atoms with van der Waals surface area (Å²) in [4.78, 5) is 30.0. The molecule has 0 aliphatic heterocycles. The first-order valence-corrected chi connectivity index (χ1v) is 10.7. The summed E-state index contributed by atoms with van der Waals surface area (Å²) in [5.74, 6) is -1.68. The van der Waals surface area contributed by atoms with Crippen molar-refractivity contribution in [2.75, 3.05) is 33.7 Å². The zero-order valence-corrected chi connectivity index (χ0v) is 17.6. The van der Waals surface area contributed by atoms with Crippen molar-refractivity contribution in [1.29, 1.82) is 0 Å². The Hall–Kier alpha value is -2.78. The number of pyridine rings is 1. The number of nitrogens with one attached hydrogen (secondary N) is 2. The Labute approximate surface area is 171 Å². The van der Waals surface area contributed by atoms with Crippen LogP contribution >= 0.6 is 0 Å². The molecule has 1 aromatic heterocycles. The Morgan fingerprint density at radius 2 is 1.72 bits per heavy atom. The first-order valence-electron chi connectivity index (χ1n) is 9.13. The van der Waals surface area contributed by atoms with Gasteiger partial charge in [-0.3, -0.25) is 14.6 Å². The predicted molar refractivity (Wildman–Crippen MR) is 110 cm³/mol. The van der Waals surface area contributed by atoms with Gasteiger partial charge in [-0.05, 0) is 44.8 Å². The van der Waals surface area contributed by atoms with Crippen molar-refractivity contribution < 1.29 is 18.0 Å². The monoisotopic (exact) mass is 418 g/mol. The van der Waals surface area contributed by atoms with Gasteiger partial charge in [-0.25, -0.2) is 8.42 Å². The van der Waals surface area contributed by atoms with Crippen molar-refractivity contribution in [3.05, 3.63) is 59.9 Å². The second kappa shape index (κ2) is 10.1. The Kier molecular flexibility index (Phi) is 7.86. The van der Waals surface area contributed by atoms with Crippen LogP contribution in [0.5, 0.6) is 0 Å². The molecule has 1 atom stereocenters. The van der Waals surface area contributed by atoms with Crippen LogP contribution in [-0.4, -0.2) is 63.8 Å². The van der Waals surface area contributed by atoms with Crippen LogP contribution in [0.25, 0.3) is 0 Å². The third-order valence-electron chi connectivity index (χ3n) is 4.28. The molecule has 9 heteroatoms. The number of aromatic nitrogens is 1. The van der Waals surface area contributed by atoms with Gasteiger partial charge in [0.2, 0.25) is 0 Å². The highest BCUT2D eigenvalue weighted by Gasteiger charge is 2.30. The van der Waals surface area contributed by atoms with Gasteiger partial charge in [0, 0.05) is 32.0 Å². The van der Waals surface area contributed by atoms with Crippen molar-refractivity contribution in [2.24, 2.45) is 0 Å². The molecule has 156 valence electrons. The number of hydrogen-bond acceptors (Lipinski definition) is 6. The molecule has 2 N–H and O–H groups in total. The van der Waals surface area contributed by atoms with Gasteiger partial charge in [-0.1, -0.05) is 23.8 Å². The molecule has 0 aliphatic rings. The van der Waals surface area contributed by atoms with E-state index in [1.807, 2.05) is 25.9 Å². The standard InChI is InChI=1S/C20H26N4O4S/c1-15-6-8-17(9-7-15)29(27,28)18(16-5-4-10-21-13-16)14-23-20(26)19(25)22-11-12-24(2)3/h4-10,13,18H,11-12,14H2,1-3H3,(H,22,25)(H,23,26)/t18-/m0/s1. The summed E-state index contributed by atoms with van der Waals surface area (Å²) >= 11 is 0. The highest BCUT2D eigenvalue weighted by molar-refractivity contribution is 7.91. The Morgan fingerprint density at radius 1 is 1.07 bits per heavy atom. The van der Waals surface area contributed by atoms with E-state index in [1.165, 1.54) is 24.5 Å². The summed E-state index contributed by atoms with van der Waals surface area (Å²) in [6, 6.07) is 9.75. The third kappa shape index (κ3) is 6.37. The number of nitrogens with zero attached hydrogens (tertiary/aromatic N) is 2. The van der Waals surface area contributed by atoms with E-state index in [1.54, 1.807) is 24.3 Å². The minimum Gasteiger partial charge on any atom is -0.347 e. The average Bonchev–Trinajstić information content (AvgIpc) is 2.68. The zero-order chi connectivity index (χ0) is 21.4. The summed E-state index contributed by atoms with van der Waals surface area (Å²) in [5, 5.41) is 3.86. The normalized spacial score (nSPS) is 12.4. The van der Waals surface area contributed by atoms with E-state index >= 15 is 0 Å². The van der Waals surface area contributed by atoms with Crippen LogP contribution in [-0.2, 0) is 19.4 Å². The number of sulfone groups is 1. The van der Waals surface area contributed by atoms with Gasteiger partial charge >= 0.3 is 11.8 Å². The maximum atomic E-state index is 13.2. The highest BCUT2D eigenvalue weighted by Crippen LogP contribution is 2.28. The lowest BCUT2D eigenvalue weighted by Gasteiger charge is -2.19. The van der Waals surface area contributed by atoms with E-state index in [0.29, 0.717) is 18.7 Å². The van der Waals surface area contributed by atoms with Gasteiger partial charge in [0.05, 0.1) is 4.90 Å². The summed E-state index contributed by atoms with van der Waals surface area (Å²) in [7, 11) is -0.118. The number of benzene rings is 1. The van der Waals surface area contributed by atoms with Gasteiger partial charge in [0.15, 0.2) is 9.84 Å². The second-order valence-electron chi connectivity index (χ2n) is 6.90. The molecular weight excluding hydrogens is 392 g/mol. The molecule has 0 radical (unpaired) electrons. The van der Waals surface area contributed by atoms with Gasteiger partial charge in [0.1, 0.15) is 5.25 Å². The lowest BCUT2D eigenvalue weighted by molar-refractivity contribution is -0.139. The molecule has 0 saturated heterocycles. The minimum absolute atomic E-state index is 0.140. The Balaban J connectivity index is 2.17. The van der Waals surface area contributed by atoms with Crippen LogP contribution in [0.15, 0.2) is 53.7 Å². The number of carbonyl (C=O) groups excluding carboxylic acids is 2. The molecule has 1 aromatic carbocycles. The van der Waals surface area contributed by atoms with Crippen LogP contribution in [0.4, 0.5) is 0 Å². The molecule has 2 rings (SSSR count). The Morgan fingerprint density at radius 3 is 2.31 bits per heavy atom. The summed E-state index contributed by atoms with van der Waals surface area (Å²) in [6.07, 6.45) is 2.98. The molecule has 0 spiro atoms. The third-order valence-corrected chi connectivity index (χ3v) is 6.40. The fourth-order valence-electron chi connectivity index (χ4n) is 2.60. The molecule has 0 fully saturated rings. The molecule has 1 heterocycles. The summed E-state index contributed by atoms with van der Waals surface area (Å²) in [6.45, 7) is 2.51. The van der Waals surface area contributed by atoms with Crippen LogP contribution in [0.2, 0.25) is 0 Å². The smallest absolute Gasteiger partial charge is 0.309 e. The molecule has 2 amide bonds. The van der Waals surface area contributed by atoms with E-state index in [4.69, 9.17) is 0 Å². The maximum absolute atomic E-state index is 13.2. The van der Waals surface area contributed by atoms with E-state index in [0.717, 1.165) is 5.56 Å². The quantitative estimate of drug-likeness (QED) is 0.611. The number of hydrogen-bond donors (Lipinski definition) is 2. The number of carbonyl (C=O) groups is 2. The van der Waals surface area contributed by atoms with Crippen molar-refractivity contribution >= 4 is 21.7 Å². The lowest BCUT2D eigenvalue weighted by atomic mass is 10.2. The van der Waals surface area contributed by atoms with Crippen LogP contribution in [0, 0.1) is 6.92 Å². The SMILES string of the molecule is Cc1ccc(S(=O)(=O)[C@@H](CNC(=O)C(=O)NCCN(C)C)c2cccnc2)cc1. The molecular formula is C20H26N4O4S. The topological polar surface area (TPSA) is 108 Å². The van der Waals surface area contributed by atoms with Gasteiger partial charge in [-0.15, -0.1) is 0 Å². The fourth-order valence-corrected chi connectivity index (χ4v) is 4.25. The number of aryl methyl sites for hydroxylation is 1. The fraction of sp³-hybridized carbons (Fsp3) is 0.350. The van der Waals surface area contributed by atoms with E-state index < -0.39 is 26.9 Å². The molecule has 29 heavy (non-hydrogen) atoms. The molecule has 0 bridgehead atoms.